The predicted molar refractivity (Wildman–Crippen MR) is 96.2 cm³/mol. The van der Waals surface area contributed by atoms with Gasteiger partial charge in [0.05, 0.1) is 13.7 Å². The van der Waals surface area contributed by atoms with Crippen LogP contribution in [0.4, 0.5) is 0 Å². The molecule has 0 saturated carbocycles. The fourth-order valence-electron chi connectivity index (χ4n) is 2.38. The molecule has 126 valence electrons. The number of aliphatic hydroxyl groups excluding tert-OH is 1. The number of aliphatic hydroxyl groups is 1. The Morgan fingerprint density at radius 3 is 2.62 bits per heavy atom. The number of likely N-dealkylation sites (N-methyl/N-ethyl adjacent to an activating group) is 1. The molecule has 0 fully saturated rings. The molecule has 0 amide bonds. The van der Waals surface area contributed by atoms with E-state index in [0.29, 0.717) is 12.1 Å². The number of hydrogen-bond donors (Lipinski definition) is 1. The third-order valence-electron chi connectivity index (χ3n) is 3.69. The number of allylic oxidation sites excluding steroid dienone is 1. The summed E-state index contributed by atoms with van der Waals surface area (Å²) in [5.74, 6) is 0.690. The highest BCUT2D eigenvalue weighted by atomic mass is 16.5. The molecular formula is C20H23NO3. The van der Waals surface area contributed by atoms with Crippen molar-refractivity contribution in [2.75, 3.05) is 27.3 Å². The molecule has 2 aromatic rings. The maximum Gasteiger partial charge on any atom is 0.185 e. The summed E-state index contributed by atoms with van der Waals surface area (Å²) in [5.41, 5.74) is 2.75. The third-order valence-corrected chi connectivity index (χ3v) is 3.69. The minimum Gasteiger partial charge on any atom is -0.497 e. The molecule has 0 saturated heterocycles. The number of benzene rings is 2. The fourth-order valence-corrected chi connectivity index (χ4v) is 2.38. The molecule has 0 bridgehead atoms. The summed E-state index contributed by atoms with van der Waals surface area (Å²) in [5, 5.41) is 8.96. The molecule has 0 spiro atoms. The molecule has 0 aliphatic carbocycles. The Morgan fingerprint density at radius 1 is 1.21 bits per heavy atom. The van der Waals surface area contributed by atoms with Crippen molar-refractivity contribution in [1.82, 2.24) is 4.90 Å². The summed E-state index contributed by atoms with van der Waals surface area (Å²) in [6.45, 7) is 1.54. The van der Waals surface area contributed by atoms with Crippen LogP contribution in [0, 0.1) is 0 Å². The molecule has 0 radical (unpaired) electrons. The number of carbonyl (C=O) groups excluding carboxylic acids is 1. The van der Waals surface area contributed by atoms with E-state index < -0.39 is 0 Å². The lowest BCUT2D eigenvalue weighted by atomic mass is 10.1. The summed E-state index contributed by atoms with van der Waals surface area (Å²) in [7, 11) is 3.56. The van der Waals surface area contributed by atoms with Gasteiger partial charge in [0.1, 0.15) is 5.75 Å². The zero-order chi connectivity index (χ0) is 17.4. The van der Waals surface area contributed by atoms with E-state index in [9.17, 15) is 4.79 Å². The van der Waals surface area contributed by atoms with Crippen LogP contribution >= 0.6 is 0 Å². The molecule has 4 nitrogen and oxygen atoms in total. The molecule has 0 aliphatic rings. The van der Waals surface area contributed by atoms with Crippen LogP contribution in [0.1, 0.15) is 21.5 Å². The van der Waals surface area contributed by atoms with E-state index >= 15 is 0 Å². The number of ketones is 1. The van der Waals surface area contributed by atoms with E-state index in [0.717, 1.165) is 23.4 Å². The number of carbonyl (C=O) groups is 1. The molecule has 0 aromatic heterocycles. The molecule has 4 heteroatoms. The van der Waals surface area contributed by atoms with Gasteiger partial charge in [-0.05, 0) is 48.5 Å². The minimum absolute atomic E-state index is 0.0412. The van der Waals surface area contributed by atoms with Gasteiger partial charge in [-0.1, -0.05) is 30.3 Å². The molecule has 0 unspecified atom stereocenters. The van der Waals surface area contributed by atoms with Crippen LogP contribution in [0.3, 0.4) is 0 Å². The van der Waals surface area contributed by atoms with Crippen molar-refractivity contribution in [2.45, 2.75) is 6.54 Å². The van der Waals surface area contributed by atoms with Crippen LogP contribution in [0.2, 0.25) is 0 Å². The van der Waals surface area contributed by atoms with Gasteiger partial charge < -0.3 is 9.84 Å². The number of ether oxygens (including phenoxy) is 1. The molecule has 24 heavy (non-hydrogen) atoms. The Balaban J connectivity index is 2.03. The van der Waals surface area contributed by atoms with Crippen LogP contribution < -0.4 is 4.74 Å². The molecular weight excluding hydrogens is 302 g/mol. The van der Waals surface area contributed by atoms with Crippen LogP contribution in [0.25, 0.3) is 6.08 Å². The second kappa shape index (κ2) is 9.01. The molecule has 2 rings (SSSR count). The smallest absolute Gasteiger partial charge is 0.185 e. The van der Waals surface area contributed by atoms with Gasteiger partial charge in [-0.25, -0.2) is 0 Å². The Labute approximate surface area is 143 Å². The van der Waals surface area contributed by atoms with Crippen molar-refractivity contribution in [3.63, 3.8) is 0 Å². The number of hydrogen-bond acceptors (Lipinski definition) is 4. The van der Waals surface area contributed by atoms with Gasteiger partial charge in [-0.2, -0.15) is 0 Å². The first-order chi connectivity index (χ1) is 11.6. The fraction of sp³-hybridized carbons (Fsp3) is 0.250. The van der Waals surface area contributed by atoms with Crippen molar-refractivity contribution < 1.29 is 14.6 Å². The first-order valence-corrected chi connectivity index (χ1v) is 7.87. The Kier molecular flexibility index (Phi) is 6.73. The second-order valence-electron chi connectivity index (χ2n) is 5.63. The van der Waals surface area contributed by atoms with E-state index in [1.165, 1.54) is 0 Å². The highest BCUT2D eigenvalue weighted by molar-refractivity contribution is 6.06. The highest BCUT2D eigenvalue weighted by Gasteiger charge is 2.03. The van der Waals surface area contributed by atoms with E-state index in [4.69, 9.17) is 9.84 Å². The average molecular weight is 325 g/mol. The van der Waals surface area contributed by atoms with Gasteiger partial charge in [0.2, 0.25) is 0 Å². The summed E-state index contributed by atoms with van der Waals surface area (Å²) in [6.07, 6.45) is 3.40. The number of nitrogens with zero attached hydrogens (tertiary/aromatic N) is 1. The van der Waals surface area contributed by atoms with Crippen LogP contribution in [-0.2, 0) is 6.54 Å². The lowest BCUT2D eigenvalue weighted by Gasteiger charge is -2.15. The minimum atomic E-state index is -0.0412. The van der Waals surface area contributed by atoms with E-state index in [2.05, 4.69) is 0 Å². The largest absolute Gasteiger partial charge is 0.497 e. The zero-order valence-corrected chi connectivity index (χ0v) is 14.1. The maximum absolute atomic E-state index is 12.2. The van der Waals surface area contributed by atoms with Crippen LogP contribution in [0.15, 0.2) is 54.6 Å². The monoisotopic (exact) mass is 325 g/mol. The Hall–Kier alpha value is -2.43. The van der Waals surface area contributed by atoms with Crippen molar-refractivity contribution in [3.8, 4) is 5.75 Å². The van der Waals surface area contributed by atoms with Gasteiger partial charge >= 0.3 is 0 Å². The van der Waals surface area contributed by atoms with Gasteiger partial charge in [-0.15, -0.1) is 0 Å². The van der Waals surface area contributed by atoms with Gasteiger partial charge in [0, 0.05) is 18.7 Å². The molecule has 2 aromatic carbocycles. The van der Waals surface area contributed by atoms with E-state index in [-0.39, 0.29) is 12.4 Å². The Bertz CT molecular complexity index is 692. The predicted octanol–water partition coefficient (Wildman–Crippen LogP) is 3.02. The molecule has 0 atom stereocenters. The summed E-state index contributed by atoms with van der Waals surface area (Å²) < 4.78 is 5.09. The first kappa shape index (κ1) is 17.9. The average Bonchev–Trinajstić information content (AvgIpc) is 2.60. The lowest BCUT2D eigenvalue weighted by Crippen LogP contribution is -2.21. The summed E-state index contributed by atoms with van der Waals surface area (Å²) >= 11 is 0. The Morgan fingerprint density at radius 2 is 1.96 bits per heavy atom. The normalized spacial score (nSPS) is 11.2. The van der Waals surface area contributed by atoms with Gasteiger partial charge in [0.15, 0.2) is 5.78 Å². The summed E-state index contributed by atoms with van der Waals surface area (Å²) in [6, 6.07) is 15.1. The molecule has 0 heterocycles. The van der Waals surface area contributed by atoms with Crippen LogP contribution in [-0.4, -0.2) is 43.1 Å². The quantitative estimate of drug-likeness (QED) is 0.599. The third kappa shape index (κ3) is 5.33. The van der Waals surface area contributed by atoms with Crippen molar-refractivity contribution in [2.24, 2.45) is 0 Å². The number of methoxy groups -OCH3 is 1. The van der Waals surface area contributed by atoms with Crippen molar-refractivity contribution >= 4 is 11.9 Å². The summed E-state index contributed by atoms with van der Waals surface area (Å²) in [4.78, 5) is 14.2. The van der Waals surface area contributed by atoms with Gasteiger partial charge in [-0.3, -0.25) is 9.69 Å². The number of rotatable bonds is 8. The van der Waals surface area contributed by atoms with Crippen molar-refractivity contribution in [1.29, 1.82) is 0 Å². The molecule has 1 N–H and O–H groups in total. The SMILES string of the molecule is COc1ccc(C(=O)C=Cc2cccc(CN(C)CCO)c2)cc1. The topological polar surface area (TPSA) is 49.8 Å². The van der Waals surface area contributed by atoms with E-state index in [1.54, 1.807) is 37.5 Å². The zero-order valence-electron chi connectivity index (χ0n) is 14.1. The second-order valence-corrected chi connectivity index (χ2v) is 5.63. The highest BCUT2D eigenvalue weighted by Crippen LogP contribution is 2.13. The molecule has 0 aliphatic heterocycles. The first-order valence-electron chi connectivity index (χ1n) is 7.87. The standard InChI is InChI=1S/C20H23NO3/c1-21(12-13-22)15-17-5-3-4-16(14-17)6-11-20(23)18-7-9-19(24-2)10-8-18/h3-11,14,22H,12-13,15H2,1-2H3. The maximum atomic E-state index is 12.2. The lowest BCUT2D eigenvalue weighted by molar-refractivity contribution is 0.104. The van der Waals surface area contributed by atoms with Gasteiger partial charge in [0.25, 0.3) is 0 Å². The van der Waals surface area contributed by atoms with Crippen LogP contribution in [0.5, 0.6) is 5.75 Å². The van der Waals surface area contributed by atoms with Crippen molar-refractivity contribution in [3.05, 3.63) is 71.3 Å². The van der Waals surface area contributed by atoms with E-state index in [1.807, 2.05) is 42.3 Å².